The molecule has 1 heterocycles. The zero-order valence-electron chi connectivity index (χ0n) is 6.53. The maximum Gasteiger partial charge on any atom is 0.316 e. The standard InChI is InChI=1S/C7H7BrO3S2/c8-6-2-1-5(12-6)3-13(11)4-7(9)10/h1-2H,3-4H2,(H,9,10). The van der Waals surface area contributed by atoms with E-state index in [-0.39, 0.29) is 5.75 Å². The van der Waals surface area contributed by atoms with Gasteiger partial charge in [0, 0.05) is 15.7 Å². The molecule has 1 aromatic heterocycles. The highest BCUT2D eigenvalue weighted by molar-refractivity contribution is 9.11. The van der Waals surface area contributed by atoms with Crippen LogP contribution in [0.25, 0.3) is 0 Å². The first-order valence-corrected chi connectivity index (χ1v) is 6.48. The Balaban J connectivity index is 2.50. The molecular formula is C7H7BrO3S2. The van der Waals surface area contributed by atoms with Gasteiger partial charge in [-0.05, 0) is 28.1 Å². The van der Waals surface area contributed by atoms with Gasteiger partial charge in [0.05, 0.1) is 9.54 Å². The molecule has 13 heavy (non-hydrogen) atoms. The number of halogens is 1. The summed E-state index contributed by atoms with van der Waals surface area (Å²) in [5, 5.41) is 8.37. The highest BCUT2D eigenvalue weighted by atomic mass is 79.9. The first-order valence-electron chi connectivity index (χ1n) is 3.39. The van der Waals surface area contributed by atoms with Gasteiger partial charge in [0.15, 0.2) is 0 Å². The second-order valence-electron chi connectivity index (χ2n) is 2.33. The Morgan fingerprint density at radius 3 is 2.77 bits per heavy atom. The summed E-state index contributed by atoms with van der Waals surface area (Å²) < 4.78 is 12.1. The second-order valence-corrected chi connectivity index (χ2v) is 6.33. The summed E-state index contributed by atoms with van der Waals surface area (Å²) in [6.07, 6.45) is 0. The van der Waals surface area contributed by atoms with Crippen LogP contribution in [-0.4, -0.2) is 21.0 Å². The average molecular weight is 283 g/mol. The van der Waals surface area contributed by atoms with Gasteiger partial charge >= 0.3 is 5.97 Å². The molecular weight excluding hydrogens is 276 g/mol. The van der Waals surface area contributed by atoms with Crippen LogP contribution in [0.4, 0.5) is 0 Å². The van der Waals surface area contributed by atoms with Crippen molar-refractivity contribution in [3.8, 4) is 0 Å². The van der Waals surface area contributed by atoms with E-state index < -0.39 is 16.8 Å². The molecule has 1 atom stereocenters. The Hall–Kier alpha value is -0.200. The summed E-state index contributed by atoms with van der Waals surface area (Å²) in [5.41, 5.74) is 0. The van der Waals surface area contributed by atoms with Crippen LogP contribution in [0.5, 0.6) is 0 Å². The van der Waals surface area contributed by atoms with Crippen LogP contribution in [0.1, 0.15) is 4.88 Å². The summed E-state index contributed by atoms with van der Waals surface area (Å²) in [6.45, 7) is 0. The van der Waals surface area contributed by atoms with Gasteiger partial charge in [0.2, 0.25) is 0 Å². The van der Waals surface area contributed by atoms with E-state index in [1.165, 1.54) is 11.3 Å². The predicted molar refractivity (Wildman–Crippen MR) is 56.4 cm³/mol. The lowest BCUT2D eigenvalue weighted by atomic mass is 10.5. The molecule has 1 N–H and O–H groups in total. The molecule has 0 radical (unpaired) electrons. The Bertz CT molecular complexity index is 334. The largest absolute Gasteiger partial charge is 0.481 e. The number of hydrogen-bond acceptors (Lipinski definition) is 3. The smallest absolute Gasteiger partial charge is 0.316 e. The van der Waals surface area contributed by atoms with E-state index in [1.54, 1.807) is 0 Å². The van der Waals surface area contributed by atoms with Crippen LogP contribution in [0.3, 0.4) is 0 Å². The quantitative estimate of drug-likeness (QED) is 0.917. The topological polar surface area (TPSA) is 54.4 Å². The maximum atomic E-state index is 11.2. The lowest BCUT2D eigenvalue weighted by molar-refractivity contribution is -0.133. The van der Waals surface area contributed by atoms with Crippen LogP contribution in [0.15, 0.2) is 15.9 Å². The molecule has 72 valence electrons. The van der Waals surface area contributed by atoms with Gasteiger partial charge in [0.25, 0.3) is 0 Å². The van der Waals surface area contributed by atoms with Crippen molar-refractivity contribution >= 4 is 44.0 Å². The third-order valence-electron chi connectivity index (χ3n) is 1.22. The summed E-state index contributed by atoms with van der Waals surface area (Å²) in [5.74, 6) is -0.980. The fourth-order valence-electron chi connectivity index (χ4n) is 0.777. The first-order chi connectivity index (χ1) is 6.08. The number of thiophene rings is 1. The molecule has 3 nitrogen and oxygen atoms in total. The molecule has 0 saturated carbocycles. The summed E-state index contributed by atoms with van der Waals surface area (Å²) >= 11 is 4.75. The van der Waals surface area contributed by atoms with Gasteiger partial charge in [-0.1, -0.05) is 0 Å². The highest BCUT2D eigenvalue weighted by Gasteiger charge is 2.08. The minimum absolute atomic E-state index is 0.282. The molecule has 0 bridgehead atoms. The van der Waals surface area contributed by atoms with Crippen LogP contribution in [0, 0.1) is 0 Å². The zero-order chi connectivity index (χ0) is 9.84. The molecule has 0 aliphatic heterocycles. The van der Waals surface area contributed by atoms with Crippen molar-refractivity contribution < 1.29 is 14.1 Å². The van der Waals surface area contributed by atoms with Crippen molar-refractivity contribution in [2.75, 3.05) is 5.75 Å². The van der Waals surface area contributed by atoms with E-state index in [0.29, 0.717) is 5.75 Å². The molecule has 1 unspecified atom stereocenters. The number of rotatable bonds is 4. The van der Waals surface area contributed by atoms with E-state index >= 15 is 0 Å². The van der Waals surface area contributed by atoms with Gasteiger partial charge < -0.3 is 5.11 Å². The van der Waals surface area contributed by atoms with Crippen molar-refractivity contribution in [1.29, 1.82) is 0 Å². The molecule has 0 amide bonds. The molecule has 1 aromatic rings. The zero-order valence-corrected chi connectivity index (χ0v) is 9.75. The molecule has 0 aliphatic rings. The van der Waals surface area contributed by atoms with Gasteiger partial charge in [-0.2, -0.15) is 0 Å². The highest BCUT2D eigenvalue weighted by Crippen LogP contribution is 2.23. The molecule has 0 saturated heterocycles. The maximum absolute atomic E-state index is 11.2. The lowest BCUT2D eigenvalue weighted by Crippen LogP contribution is -2.09. The van der Waals surface area contributed by atoms with Crippen LogP contribution < -0.4 is 0 Å². The second kappa shape index (κ2) is 4.88. The Morgan fingerprint density at radius 1 is 1.62 bits per heavy atom. The summed E-state index contributed by atoms with van der Waals surface area (Å²) in [6, 6.07) is 3.70. The minimum Gasteiger partial charge on any atom is -0.481 e. The number of hydrogen-bond donors (Lipinski definition) is 1. The fourth-order valence-corrected chi connectivity index (χ4v) is 3.48. The van der Waals surface area contributed by atoms with Crippen molar-refractivity contribution in [2.24, 2.45) is 0 Å². The van der Waals surface area contributed by atoms with Gasteiger partial charge in [-0.3, -0.25) is 9.00 Å². The summed E-state index contributed by atoms with van der Waals surface area (Å²) in [4.78, 5) is 11.1. The van der Waals surface area contributed by atoms with E-state index in [1.807, 2.05) is 12.1 Å². The molecule has 0 aliphatic carbocycles. The van der Waals surface area contributed by atoms with Gasteiger partial charge in [-0.15, -0.1) is 11.3 Å². The SMILES string of the molecule is O=C(O)CS(=O)Cc1ccc(Br)s1. The van der Waals surface area contributed by atoms with Gasteiger partial charge in [0.1, 0.15) is 5.75 Å². The van der Waals surface area contributed by atoms with E-state index in [9.17, 15) is 9.00 Å². The molecule has 1 rings (SSSR count). The number of carbonyl (C=O) groups is 1. The van der Waals surface area contributed by atoms with Gasteiger partial charge in [-0.25, -0.2) is 0 Å². The van der Waals surface area contributed by atoms with Crippen molar-refractivity contribution in [1.82, 2.24) is 0 Å². The van der Waals surface area contributed by atoms with E-state index in [4.69, 9.17) is 5.11 Å². The number of carboxylic acid groups (broad SMARTS) is 1. The van der Waals surface area contributed by atoms with Crippen molar-refractivity contribution in [2.45, 2.75) is 5.75 Å². The predicted octanol–water partition coefficient (Wildman–Crippen LogP) is 1.84. The fraction of sp³-hybridized carbons (Fsp3) is 0.286. The number of aliphatic carboxylic acids is 1. The third-order valence-corrected chi connectivity index (χ3v) is 4.22. The number of carboxylic acids is 1. The first kappa shape index (κ1) is 10.9. The van der Waals surface area contributed by atoms with E-state index in [0.717, 1.165) is 8.66 Å². The monoisotopic (exact) mass is 282 g/mol. The van der Waals surface area contributed by atoms with E-state index in [2.05, 4.69) is 15.9 Å². The normalized spacial score (nSPS) is 12.7. The van der Waals surface area contributed by atoms with Crippen LogP contribution in [0.2, 0.25) is 0 Å². The van der Waals surface area contributed by atoms with Crippen LogP contribution >= 0.6 is 27.3 Å². The summed E-state index contributed by atoms with van der Waals surface area (Å²) in [7, 11) is -1.30. The molecule has 0 aromatic carbocycles. The molecule has 0 spiro atoms. The Kier molecular flexibility index (Phi) is 4.08. The lowest BCUT2D eigenvalue weighted by Gasteiger charge is -1.94. The van der Waals surface area contributed by atoms with Crippen LogP contribution in [-0.2, 0) is 21.3 Å². The van der Waals surface area contributed by atoms with Crippen molar-refractivity contribution in [3.63, 3.8) is 0 Å². The molecule has 6 heteroatoms. The van der Waals surface area contributed by atoms with Crippen molar-refractivity contribution in [3.05, 3.63) is 20.8 Å². The Labute approximate surface area is 90.4 Å². The molecule has 0 fully saturated rings. The Morgan fingerprint density at radius 2 is 2.31 bits per heavy atom. The minimum atomic E-state index is -1.30. The average Bonchev–Trinajstić information content (AvgIpc) is 2.33. The third kappa shape index (κ3) is 4.02.